The lowest BCUT2D eigenvalue weighted by Gasteiger charge is -2.31. The summed E-state index contributed by atoms with van der Waals surface area (Å²) < 4.78 is 5.06. The summed E-state index contributed by atoms with van der Waals surface area (Å²) in [6, 6.07) is 7.31. The molecule has 1 aliphatic rings. The van der Waals surface area contributed by atoms with Crippen molar-refractivity contribution in [2.45, 2.75) is 40.5 Å². The lowest BCUT2D eigenvalue weighted by atomic mass is 9.95. The minimum Gasteiger partial charge on any atom is -0.466 e. The van der Waals surface area contributed by atoms with Crippen molar-refractivity contribution < 1.29 is 19.1 Å². The van der Waals surface area contributed by atoms with E-state index in [-0.39, 0.29) is 30.2 Å². The maximum absolute atomic E-state index is 12.4. The van der Waals surface area contributed by atoms with Crippen molar-refractivity contribution in [3.05, 3.63) is 24.3 Å². The molecule has 1 aromatic rings. The van der Waals surface area contributed by atoms with E-state index in [2.05, 4.69) is 10.6 Å². The predicted molar refractivity (Wildman–Crippen MR) is 109 cm³/mol. The Morgan fingerprint density at radius 2 is 1.79 bits per heavy atom. The van der Waals surface area contributed by atoms with Crippen LogP contribution in [-0.4, -0.2) is 48.9 Å². The van der Waals surface area contributed by atoms with Gasteiger partial charge in [-0.25, -0.2) is 0 Å². The van der Waals surface area contributed by atoms with Gasteiger partial charge in [-0.15, -0.1) is 0 Å². The Bertz CT molecular complexity index is 704. The Hall–Kier alpha value is -2.57. The second-order valence-electron chi connectivity index (χ2n) is 8.05. The van der Waals surface area contributed by atoms with Gasteiger partial charge in [0.15, 0.2) is 0 Å². The number of nitrogens with zero attached hydrogens (tertiary/aromatic N) is 1. The number of piperidine rings is 1. The van der Waals surface area contributed by atoms with Gasteiger partial charge in [0.25, 0.3) is 0 Å². The van der Waals surface area contributed by atoms with Gasteiger partial charge in [-0.3, -0.25) is 14.4 Å². The summed E-state index contributed by atoms with van der Waals surface area (Å²) >= 11 is 0. The highest BCUT2D eigenvalue weighted by Gasteiger charge is 2.28. The van der Waals surface area contributed by atoms with Crippen LogP contribution in [0.1, 0.15) is 40.5 Å². The number of esters is 1. The summed E-state index contributed by atoms with van der Waals surface area (Å²) in [5, 5.41) is 6.00. The van der Waals surface area contributed by atoms with E-state index in [4.69, 9.17) is 4.74 Å². The van der Waals surface area contributed by atoms with Gasteiger partial charge in [0.2, 0.25) is 11.8 Å². The SMILES string of the molecule is CCOC(=O)C1CCN(C(=O)CNc2cccc(NC(=O)C(C)(C)C)c2)CC1. The van der Waals surface area contributed by atoms with Crippen LogP contribution >= 0.6 is 0 Å². The number of hydrogen-bond acceptors (Lipinski definition) is 5. The van der Waals surface area contributed by atoms with Gasteiger partial charge in [-0.1, -0.05) is 26.8 Å². The monoisotopic (exact) mass is 389 g/mol. The third kappa shape index (κ3) is 6.25. The molecule has 154 valence electrons. The molecule has 28 heavy (non-hydrogen) atoms. The normalized spacial score (nSPS) is 15.1. The highest BCUT2D eigenvalue weighted by molar-refractivity contribution is 5.95. The van der Waals surface area contributed by atoms with Gasteiger partial charge in [0.1, 0.15) is 0 Å². The van der Waals surface area contributed by atoms with Crippen LogP contribution in [0, 0.1) is 11.3 Å². The molecule has 1 fully saturated rings. The molecule has 2 rings (SSSR count). The van der Waals surface area contributed by atoms with Crippen LogP contribution in [0.4, 0.5) is 11.4 Å². The van der Waals surface area contributed by atoms with Crippen molar-refractivity contribution in [2.75, 3.05) is 36.9 Å². The first-order valence-electron chi connectivity index (χ1n) is 9.80. The van der Waals surface area contributed by atoms with Crippen molar-refractivity contribution in [1.29, 1.82) is 0 Å². The van der Waals surface area contributed by atoms with Crippen LogP contribution in [0.5, 0.6) is 0 Å². The van der Waals surface area contributed by atoms with E-state index in [0.717, 1.165) is 5.69 Å². The molecule has 1 saturated heterocycles. The molecule has 1 aromatic carbocycles. The molecule has 2 amide bonds. The minimum atomic E-state index is -0.477. The number of anilines is 2. The molecule has 1 aliphatic heterocycles. The first-order valence-corrected chi connectivity index (χ1v) is 9.80. The molecule has 7 nitrogen and oxygen atoms in total. The second-order valence-corrected chi connectivity index (χ2v) is 8.05. The summed E-state index contributed by atoms with van der Waals surface area (Å²) in [7, 11) is 0. The number of ether oxygens (including phenoxy) is 1. The zero-order chi connectivity index (χ0) is 20.7. The summed E-state index contributed by atoms with van der Waals surface area (Å²) in [6.45, 7) is 9.04. The van der Waals surface area contributed by atoms with E-state index in [1.807, 2.05) is 45.0 Å². The van der Waals surface area contributed by atoms with Crippen LogP contribution in [0.3, 0.4) is 0 Å². The minimum absolute atomic E-state index is 0.00793. The van der Waals surface area contributed by atoms with E-state index in [9.17, 15) is 14.4 Å². The largest absolute Gasteiger partial charge is 0.466 e. The fourth-order valence-corrected chi connectivity index (χ4v) is 2.94. The molecule has 2 N–H and O–H groups in total. The van der Waals surface area contributed by atoms with Crippen LogP contribution in [-0.2, 0) is 19.1 Å². The average Bonchev–Trinajstić information content (AvgIpc) is 2.66. The Kier molecular flexibility index (Phi) is 7.43. The Balaban J connectivity index is 1.83. The molecular weight excluding hydrogens is 358 g/mol. The molecule has 0 radical (unpaired) electrons. The first-order chi connectivity index (χ1) is 13.2. The molecule has 1 heterocycles. The number of benzene rings is 1. The fourth-order valence-electron chi connectivity index (χ4n) is 2.94. The summed E-state index contributed by atoms with van der Waals surface area (Å²) in [6.07, 6.45) is 1.28. The number of rotatable bonds is 6. The van der Waals surface area contributed by atoms with Gasteiger partial charge in [0, 0.05) is 29.9 Å². The smallest absolute Gasteiger partial charge is 0.309 e. The molecule has 0 aromatic heterocycles. The summed E-state index contributed by atoms with van der Waals surface area (Å²) in [5.74, 6) is -0.349. The molecule has 0 unspecified atom stereocenters. The van der Waals surface area contributed by atoms with Gasteiger partial charge in [-0.2, -0.15) is 0 Å². The average molecular weight is 389 g/mol. The fraction of sp³-hybridized carbons (Fsp3) is 0.571. The van der Waals surface area contributed by atoms with Crippen molar-refractivity contribution >= 4 is 29.2 Å². The number of hydrogen-bond donors (Lipinski definition) is 2. The lowest BCUT2D eigenvalue weighted by Crippen LogP contribution is -2.43. The second kappa shape index (κ2) is 9.57. The zero-order valence-electron chi connectivity index (χ0n) is 17.2. The highest BCUT2D eigenvalue weighted by atomic mass is 16.5. The molecule has 0 bridgehead atoms. The topological polar surface area (TPSA) is 87.7 Å². The predicted octanol–water partition coefficient (Wildman–Crippen LogP) is 2.88. The first kappa shape index (κ1) is 21.7. The Labute approximate surface area is 166 Å². The van der Waals surface area contributed by atoms with Crippen molar-refractivity contribution in [3.63, 3.8) is 0 Å². The van der Waals surface area contributed by atoms with Gasteiger partial charge in [0.05, 0.1) is 19.1 Å². The van der Waals surface area contributed by atoms with Crippen LogP contribution in [0.2, 0.25) is 0 Å². The number of likely N-dealkylation sites (tertiary alicyclic amines) is 1. The van der Waals surface area contributed by atoms with Crippen LogP contribution in [0.15, 0.2) is 24.3 Å². The number of carbonyl (C=O) groups is 3. The third-order valence-corrected chi connectivity index (χ3v) is 4.71. The number of nitrogens with one attached hydrogen (secondary N) is 2. The van der Waals surface area contributed by atoms with Crippen molar-refractivity contribution in [1.82, 2.24) is 4.90 Å². The Morgan fingerprint density at radius 1 is 1.14 bits per heavy atom. The molecule has 0 aliphatic carbocycles. The standard InChI is InChI=1S/C21H31N3O4/c1-5-28-19(26)15-9-11-24(12-10-15)18(25)14-22-16-7-6-8-17(13-16)23-20(27)21(2,3)4/h6-8,13,15,22H,5,9-12,14H2,1-4H3,(H,23,27). The van der Waals surface area contributed by atoms with Gasteiger partial charge in [-0.05, 0) is 38.0 Å². The quantitative estimate of drug-likeness (QED) is 0.731. The molecular formula is C21H31N3O4. The zero-order valence-corrected chi connectivity index (χ0v) is 17.2. The highest BCUT2D eigenvalue weighted by Crippen LogP contribution is 2.21. The summed E-state index contributed by atoms with van der Waals surface area (Å²) in [5.41, 5.74) is 0.976. The van der Waals surface area contributed by atoms with Crippen LogP contribution in [0.25, 0.3) is 0 Å². The third-order valence-electron chi connectivity index (χ3n) is 4.71. The molecule has 0 atom stereocenters. The maximum Gasteiger partial charge on any atom is 0.309 e. The molecule has 0 spiro atoms. The van der Waals surface area contributed by atoms with E-state index in [1.165, 1.54) is 0 Å². The number of amides is 2. The van der Waals surface area contributed by atoms with Crippen molar-refractivity contribution in [3.8, 4) is 0 Å². The molecule has 7 heteroatoms. The van der Waals surface area contributed by atoms with E-state index < -0.39 is 5.41 Å². The van der Waals surface area contributed by atoms with E-state index >= 15 is 0 Å². The van der Waals surface area contributed by atoms with Crippen LogP contribution < -0.4 is 10.6 Å². The van der Waals surface area contributed by atoms with E-state index in [1.54, 1.807) is 11.8 Å². The van der Waals surface area contributed by atoms with Crippen molar-refractivity contribution in [2.24, 2.45) is 11.3 Å². The maximum atomic E-state index is 12.4. The molecule has 0 saturated carbocycles. The van der Waals surface area contributed by atoms with E-state index in [0.29, 0.717) is 38.2 Å². The van der Waals surface area contributed by atoms with Gasteiger partial charge < -0.3 is 20.3 Å². The lowest BCUT2D eigenvalue weighted by molar-refractivity contribution is -0.151. The number of carbonyl (C=O) groups excluding carboxylic acids is 3. The summed E-state index contributed by atoms with van der Waals surface area (Å²) in [4.78, 5) is 38.1. The Morgan fingerprint density at radius 3 is 2.39 bits per heavy atom. The van der Waals surface area contributed by atoms with Gasteiger partial charge >= 0.3 is 5.97 Å².